The zero-order valence-electron chi connectivity index (χ0n) is 12.5. The minimum absolute atomic E-state index is 0.254. The van der Waals surface area contributed by atoms with Gasteiger partial charge in [0, 0.05) is 39.2 Å². The summed E-state index contributed by atoms with van der Waals surface area (Å²) in [5.74, 6) is 0.386. The van der Waals surface area contributed by atoms with E-state index in [1.54, 1.807) is 31.6 Å². The second kappa shape index (κ2) is 8.68. The maximum atomic E-state index is 12.0. The number of rotatable bonds is 8. The lowest BCUT2D eigenvalue weighted by molar-refractivity contribution is 0.0945. The Morgan fingerprint density at radius 3 is 2.68 bits per heavy atom. The Hall–Kier alpha value is -2.54. The zero-order chi connectivity index (χ0) is 15.6. The summed E-state index contributed by atoms with van der Waals surface area (Å²) < 4.78 is 4.96. The molecule has 2 heterocycles. The van der Waals surface area contributed by atoms with E-state index in [0.717, 1.165) is 18.5 Å². The minimum atomic E-state index is -0.254. The standard InChI is InChI=1S/C15H19N5O2/c1-22-10-2-7-17-14-4-3-13(19-20-14)15(21)18-11-12-5-8-16-9-6-12/h3-6,8-9H,2,7,10-11H2,1H3,(H,17,20)(H,18,21). The molecule has 1 amide bonds. The van der Waals surface area contributed by atoms with E-state index in [4.69, 9.17) is 4.74 Å². The highest BCUT2D eigenvalue weighted by Crippen LogP contribution is 2.03. The fourth-order valence-corrected chi connectivity index (χ4v) is 1.75. The predicted octanol–water partition coefficient (Wildman–Crippen LogP) is 1.25. The van der Waals surface area contributed by atoms with Crippen LogP contribution >= 0.6 is 0 Å². The van der Waals surface area contributed by atoms with Crippen LogP contribution in [0.25, 0.3) is 0 Å². The monoisotopic (exact) mass is 301 g/mol. The average molecular weight is 301 g/mol. The molecule has 2 N–H and O–H groups in total. The number of methoxy groups -OCH3 is 1. The number of nitrogens with one attached hydrogen (secondary N) is 2. The molecule has 0 aromatic carbocycles. The number of aromatic nitrogens is 3. The molecule has 2 aromatic heterocycles. The van der Waals surface area contributed by atoms with Crippen molar-refractivity contribution in [3.63, 3.8) is 0 Å². The first-order valence-corrected chi connectivity index (χ1v) is 7.03. The molecule has 0 bridgehead atoms. The number of pyridine rings is 1. The Morgan fingerprint density at radius 2 is 2.00 bits per heavy atom. The third kappa shape index (κ3) is 5.10. The number of carbonyl (C=O) groups excluding carboxylic acids is 1. The number of hydrogen-bond donors (Lipinski definition) is 2. The van der Waals surface area contributed by atoms with Crippen molar-refractivity contribution in [1.29, 1.82) is 0 Å². The van der Waals surface area contributed by atoms with E-state index in [1.807, 2.05) is 12.1 Å². The van der Waals surface area contributed by atoms with E-state index in [2.05, 4.69) is 25.8 Å². The van der Waals surface area contributed by atoms with Crippen molar-refractivity contribution in [1.82, 2.24) is 20.5 Å². The second-order valence-corrected chi connectivity index (χ2v) is 4.62. The van der Waals surface area contributed by atoms with Crippen LogP contribution in [0, 0.1) is 0 Å². The van der Waals surface area contributed by atoms with Gasteiger partial charge in [0.25, 0.3) is 5.91 Å². The highest BCUT2D eigenvalue weighted by molar-refractivity contribution is 5.92. The van der Waals surface area contributed by atoms with Crippen LogP contribution in [0.5, 0.6) is 0 Å². The van der Waals surface area contributed by atoms with E-state index in [9.17, 15) is 4.79 Å². The van der Waals surface area contributed by atoms with Crippen LogP contribution in [0.15, 0.2) is 36.7 Å². The molecule has 116 valence electrons. The smallest absolute Gasteiger partial charge is 0.272 e. The van der Waals surface area contributed by atoms with Gasteiger partial charge in [-0.25, -0.2) is 0 Å². The number of carbonyl (C=O) groups is 1. The van der Waals surface area contributed by atoms with Gasteiger partial charge in [-0.15, -0.1) is 10.2 Å². The van der Waals surface area contributed by atoms with Crippen LogP contribution in [0.2, 0.25) is 0 Å². The van der Waals surface area contributed by atoms with Crippen molar-refractivity contribution in [2.24, 2.45) is 0 Å². The molecule has 7 heteroatoms. The van der Waals surface area contributed by atoms with Gasteiger partial charge in [0.15, 0.2) is 5.69 Å². The van der Waals surface area contributed by atoms with Crippen LogP contribution in [-0.4, -0.2) is 41.3 Å². The molecule has 22 heavy (non-hydrogen) atoms. The molecule has 0 aliphatic carbocycles. The number of nitrogens with zero attached hydrogens (tertiary/aromatic N) is 3. The van der Waals surface area contributed by atoms with E-state index >= 15 is 0 Å². The molecule has 2 rings (SSSR count). The molecule has 0 atom stereocenters. The lowest BCUT2D eigenvalue weighted by Gasteiger charge is -2.06. The van der Waals surface area contributed by atoms with Crippen LogP contribution in [0.3, 0.4) is 0 Å². The normalized spacial score (nSPS) is 10.2. The fourth-order valence-electron chi connectivity index (χ4n) is 1.75. The van der Waals surface area contributed by atoms with E-state index in [-0.39, 0.29) is 11.6 Å². The summed E-state index contributed by atoms with van der Waals surface area (Å²) in [4.78, 5) is 15.9. The molecule has 0 spiro atoms. The third-order valence-corrected chi connectivity index (χ3v) is 2.93. The van der Waals surface area contributed by atoms with Gasteiger partial charge >= 0.3 is 0 Å². The van der Waals surface area contributed by atoms with Gasteiger partial charge in [-0.05, 0) is 36.2 Å². The zero-order valence-corrected chi connectivity index (χ0v) is 12.5. The van der Waals surface area contributed by atoms with Gasteiger partial charge in [-0.2, -0.15) is 0 Å². The number of anilines is 1. The van der Waals surface area contributed by atoms with Crippen molar-refractivity contribution < 1.29 is 9.53 Å². The maximum Gasteiger partial charge on any atom is 0.272 e. The molecule has 0 unspecified atom stereocenters. The summed E-state index contributed by atoms with van der Waals surface area (Å²) in [6, 6.07) is 7.08. The largest absolute Gasteiger partial charge is 0.385 e. The van der Waals surface area contributed by atoms with Crippen molar-refractivity contribution >= 4 is 11.7 Å². The number of ether oxygens (including phenoxy) is 1. The molecular weight excluding hydrogens is 282 g/mol. The molecule has 0 aliphatic heterocycles. The quantitative estimate of drug-likeness (QED) is 0.713. The van der Waals surface area contributed by atoms with Crippen molar-refractivity contribution in [2.45, 2.75) is 13.0 Å². The molecule has 0 aliphatic rings. The first-order chi connectivity index (χ1) is 10.8. The average Bonchev–Trinajstić information content (AvgIpc) is 2.58. The van der Waals surface area contributed by atoms with Gasteiger partial charge in [-0.1, -0.05) is 0 Å². The van der Waals surface area contributed by atoms with Gasteiger partial charge in [-0.3, -0.25) is 9.78 Å². The summed E-state index contributed by atoms with van der Waals surface area (Å²) >= 11 is 0. The van der Waals surface area contributed by atoms with Gasteiger partial charge in [0.05, 0.1) is 0 Å². The molecule has 2 aromatic rings. The maximum absolute atomic E-state index is 12.0. The Bertz CT molecular complexity index is 574. The molecule has 0 saturated heterocycles. The second-order valence-electron chi connectivity index (χ2n) is 4.62. The van der Waals surface area contributed by atoms with E-state index in [1.165, 1.54) is 0 Å². The summed E-state index contributed by atoms with van der Waals surface area (Å²) in [7, 11) is 1.67. The third-order valence-electron chi connectivity index (χ3n) is 2.93. The summed E-state index contributed by atoms with van der Waals surface area (Å²) in [5.41, 5.74) is 1.27. The number of amides is 1. The van der Waals surface area contributed by atoms with Crippen LogP contribution < -0.4 is 10.6 Å². The summed E-state index contributed by atoms with van der Waals surface area (Å²) in [6.45, 7) is 1.87. The molecule has 0 fully saturated rings. The van der Waals surface area contributed by atoms with Crippen LogP contribution in [0.1, 0.15) is 22.5 Å². The van der Waals surface area contributed by atoms with E-state index in [0.29, 0.717) is 19.0 Å². The summed E-state index contributed by atoms with van der Waals surface area (Å²) in [5, 5.41) is 13.8. The first-order valence-electron chi connectivity index (χ1n) is 7.03. The van der Waals surface area contributed by atoms with Crippen molar-refractivity contribution in [3.05, 3.63) is 47.9 Å². The molecule has 7 nitrogen and oxygen atoms in total. The first kappa shape index (κ1) is 15.8. The highest BCUT2D eigenvalue weighted by atomic mass is 16.5. The Balaban J connectivity index is 1.80. The molecule has 0 saturated carbocycles. The Kier molecular flexibility index (Phi) is 6.25. The van der Waals surface area contributed by atoms with Crippen molar-refractivity contribution in [2.75, 3.05) is 25.6 Å². The van der Waals surface area contributed by atoms with Crippen LogP contribution in [0.4, 0.5) is 5.82 Å². The lowest BCUT2D eigenvalue weighted by Crippen LogP contribution is -2.24. The van der Waals surface area contributed by atoms with Crippen LogP contribution in [-0.2, 0) is 11.3 Å². The Morgan fingerprint density at radius 1 is 1.18 bits per heavy atom. The van der Waals surface area contributed by atoms with E-state index < -0.39 is 0 Å². The number of hydrogen-bond acceptors (Lipinski definition) is 6. The SMILES string of the molecule is COCCCNc1ccc(C(=O)NCc2ccncc2)nn1. The Labute approximate surface area is 129 Å². The van der Waals surface area contributed by atoms with Gasteiger partial charge < -0.3 is 15.4 Å². The van der Waals surface area contributed by atoms with Gasteiger partial charge in [0.1, 0.15) is 5.82 Å². The fraction of sp³-hybridized carbons (Fsp3) is 0.333. The van der Waals surface area contributed by atoms with Gasteiger partial charge in [0.2, 0.25) is 0 Å². The predicted molar refractivity (Wildman–Crippen MR) is 82.4 cm³/mol. The summed E-state index contributed by atoms with van der Waals surface area (Å²) in [6.07, 6.45) is 4.25. The highest BCUT2D eigenvalue weighted by Gasteiger charge is 2.07. The topological polar surface area (TPSA) is 89.0 Å². The van der Waals surface area contributed by atoms with Crippen molar-refractivity contribution in [3.8, 4) is 0 Å². The molecule has 0 radical (unpaired) electrons. The minimum Gasteiger partial charge on any atom is -0.385 e. The molecular formula is C15H19N5O2. The lowest BCUT2D eigenvalue weighted by atomic mass is 10.2.